The highest BCUT2D eigenvalue weighted by Crippen LogP contribution is 2.41. The molecule has 0 saturated heterocycles. The third kappa shape index (κ3) is 4.32. The van der Waals surface area contributed by atoms with E-state index in [0.29, 0.717) is 32.5 Å². The van der Waals surface area contributed by atoms with Gasteiger partial charge in [0.15, 0.2) is 11.5 Å². The van der Waals surface area contributed by atoms with Gasteiger partial charge >= 0.3 is 10.1 Å². The Hall–Kier alpha value is -2.64. The number of nitrogens with two attached hydrogens (primary N) is 1. The second-order valence-electron chi connectivity index (χ2n) is 6.63. The zero-order chi connectivity index (χ0) is 23.0. The van der Waals surface area contributed by atoms with Crippen LogP contribution < -0.4 is 14.7 Å². The van der Waals surface area contributed by atoms with Crippen LogP contribution in [-0.4, -0.2) is 31.4 Å². The molecule has 8 nitrogen and oxygen atoms in total. The fraction of sp³-hybridized carbons (Fsp3) is 0.0476. The summed E-state index contributed by atoms with van der Waals surface area (Å²) in [7, 11) is -2.68. The largest absolute Gasteiger partial charge is 0.493 e. The number of nitrogens with one attached hydrogen (secondary N) is 1. The number of carbonyl (C=O) groups excluding carboxylic acids is 1. The normalized spacial score (nSPS) is 11.5. The Bertz CT molecular complexity index is 1450. The summed E-state index contributed by atoms with van der Waals surface area (Å²) in [4.78, 5) is 19.3. The number of imidazole rings is 1. The Balaban J connectivity index is 1.76. The number of H-pyrrole nitrogens is 1. The molecule has 0 spiro atoms. The van der Waals surface area contributed by atoms with Gasteiger partial charge in [0.05, 0.1) is 22.7 Å². The first-order chi connectivity index (χ1) is 15.2. The number of para-hydroxylation sites is 1. The molecule has 0 saturated carbocycles. The van der Waals surface area contributed by atoms with Gasteiger partial charge in [-0.25, -0.2) is 4.98 Å². The third-order valence-corrected chi connectivity index (χ3v) is 7.12. The van der Waals surface area contributed by atoms with Crippen molar-refractivity contribution in [2.24, 2.45) is 5.73 Å². The minimum Gasteiger partial charge on any atom is -0.493 e. The number of hydrogen-bond acceptors (Lipinski definition) is 6. The average Bonchev–Trinajstić information content (AvgIpc) is 3.19. The summed E-state index contributed by atoms with van der Waals surface area (Å²) in [5, 5.41) is 0. The van der Waals surface area contributed by atoms with Gasteiger partial charge in [0, 0.05) is 9.13 Å². The number of aromatic amines is 1. The van der Waals surface area contributed by atoms with E-state index in [0.717, 1.165) is 3.57 Å². The van der Waals surface area contributed by atoms with Crippen molar-refractivity contribution < 1.29 is 22.1 Å². The monoisotopic (exact) mass is 627 g/mol. The summed E-state index contributed by atoms with van der Waals surface area (Å²) in [6, 6.07) is 14.6. The summed E-state index contributed by atoms with van der Waals surface area (Å²) in [5.74, 6) is 0.0412. The quantitative estimate of drug-likeness (QED) is 0.240. The lowest BCUT2D eigenvalue weighted by Crippen LogP contribution is -2.11. The molecule has 3 N–H and O–H groups in total. The van der Waals surface area contributed by atoms with Gasteiger partial charge in [0.1, 0.15) is 16.2 Å². The zero-order valence-electron chi connectivity index (χ0n) is 16.4. The molecule has 164 valence electrons. The van der Waals surface area contributed by atoms with Crippen molar-refractivity contribution in [1.29, 1.82) is 0 Å². The van der Waals surface area contributed by atoms with Gasteiger partial charge in [-0.2, -0.15) is 8.42 Å². The van der Waals surface area contributed by atoms with Crippen molar-refractivity contribution in [1.82, 2.24) is 9.97 Å². The van der Waals surface area contributed by atoms with Gasteiger partial charge in [-0.05, 0) is 87.1 Å². The Labute approximate surface area is 205 Å². The lowest BCUT2D eigenvalue weighted by atomic mass is 10.2. The van der Waals surface area contributed by atoms with Crippen LogP contribution in [0.1, 0.15) is 10.4 Å². The van der Waals surface area contributed by atoms with E-state index in [1.807, 2.05) is 0 Å². The molecule has 4 rings (SSSR count). The van der Waals surface area contributed by atoms with E-state index in [2.05, 4.69) is 48.5 Å². The number of aromatic nitrogens is 2. The van der Waals surface area contributed by atoms with Crippen molar-refractivity contribution in [2.75, 3.05) is 7.11 Å². The van der Waals surface area contributed by atoms with Crippen LogP contribution in [0.3, 0.4) is 0 Å². The predicted octanol–water partition coefficient (Wildman–Crippen LogP) is 4.47. The summed E-state index contributed by atoms with van der Waals surface area (Å²) in [6.45, 7) is 0. The van der Waals surface area contributed by atoms with E-state index in [9.17, 15) is 13.2 Å². The van der Waals surface area contributed by atoms with Gasteiger partial charge < -0.3 is 19.6 Å². The number of fused-ring (bicyclic) bond motifs is 1. The molecule has 11 heteroatoms. The Morgan fingerprint density at radius 3 is 2.53 bits per heavy atom. The minimum atomic E-state index is -4.09. The molecule has 0 aliphatic rings. The maximum Gasteiger partial charge on any atom is 0.339 e. The second-order valence-corrected chi connectivity index (χ2v) is 10.3. The Morgan fingerprint density at radius 1 is 1.16 bits per heavy atom. The number of carbonyl (C=O) groups is 1. The van der Waals surface area contributed by atoms with E-state index >= 15 is 0 Å². The first-order valence-electron chi connectivity index (χ1n) is 9.06. The van der Waals surface area contributed by atoms with E-state index in [1.54, 1.807) is 42.5 Å². The maximum atomic E-state index is 12.7. The number of methoxy groups -OCH3 is 1. The predicted molar refractivity (Wildman–Crippen MR) is 131 cm³/mol. The average molecular weight is 628 g/mol. The van der Waals surface area contributed by atoms with E-state index < -0.39 is 16.0 Å². The van der Waals surface area contributed by atoms with Crippen molar-refractivity contribution in [3.8, 4) is 22.9 Å². The van der Waals surface area contributed by atoms with Crippen LogP contribution in [-0.2, 0) is 10.1 Å². The molecule has 0 bridgehead atoms. The number of amides is 1. The topological polar surface area (TPSA) is 124 Å². The summed E-state index contributed by atoms with van der Waals surface area (Å²) >= 11 is 5.45. The molecule has 0 radical (unpaired) electrons. The lowest BCUT2D eigenvalue weighted by molar-refractivity contribution is 0.100. The number of benzene rings is 3. The fourth-order valence-corrected chi connectivity index (χ4v) is 5.01. The number of nitrogens with zero attached hydrogens (tertiary/aromatic N) is 1. The van der Waals surface area contributed by atoms with Crippen LogP contribution in [0.25, 0.3) is 22.4 Å². The highest BCUT2D eigenvalue weighted by atomic mass is 127. The highest BCUT2D eigenvalue weighted by molar-refractivity contribution is 14.1. The van der Waals surface area contributed by atoms with Gasteiger partial charge in [-0.1, -0.05) is 6.07 Å². The zero-order valence-corrected chi connectivity index (χ0v) is 21.0. The summed E-state index contributed by atoms with van der Waals surface area (Å²) in [5.41, 5.74) is 7.38. The molecule has 0 aliphatic carbocycles. The molecule has 0 aliphatic heterocycles. The lowest BCUT2D eigenvalue weighted by Gasteiger charge is -2.14. The van der Waals surface area contributed by atoms with Crippen LogP contribution in [0.4, 0.5) is 0 Å². The molecule has 1 aromatic heterocycles. The van der Waals surface area contributed by atoms with Crippen molar-refractivity contribution in [3.05, 3.63) is 68.2 Å². The molecule has 32 heavy (non-hydrogen) atoms. The molecule has 0 atom stereocenters. The van der Waals surface area contributed by atoms with Gasteiger partial charge in [-0.15, -0.1) is 0 Å². The maximum absolute atomic E-state index is 12.7. The first kappa shape index (κ1) is 22.6. The molecular weight excluding hydrogens is 613 g/mol. The molecular formula is C21H15BrIN3O5S. The standard InChI is InChI=1S/C21H15BrIN3O5S/c1-30-17-10-11(21-25-16-4-2-3-14(20(24)27)18(16)26-21)9-15(22)19(17)31-32(28,29)13-7-5-12(23)6-8-13/h2-10H,1H3,(H2,24,27)(H,25,26). The molecule has 1 heterocycles. The SMILES string of the molecule is COc1cc(-c2nc3c(C(N)=O)cccc3[nH]2)cc(Br)c1OS(=O)(=O)c1ccc(I)cc1. The van der Waals surface area contributed by atoms with Crippen molar-refractivity contribution >= 4 is 65.6 Å². The van der Waals surface area contributed by atoms with Crippen LogP contribution in [0.5, 0.6) is 11.5 Å². The number of halogens is 2. The Morgan fingerprint density at radius 2 is 1.88 bits per heavy atom. The van der Waals surface area contributed by atoms with E-state index in [4.69, 9.17) is 14.7 Å². The van der Waals surface area contributed by atoms with Crippen LogP contribution in [0, 0.1) is 3.57 Å². The highest BCUT2D eigenvalue weighted by Gasteiger charge is 2.23. The van der Waals surface area contributed by atoms with E-state index in [1.165, 1.54) is 19.2 Å². The minimum absolute atomic E-state index is 0.00346. The van der Waals surface area contributed by atoms with Gasteiger partial charge in [-0.3, -0.25) is 4.79 Å². The number of primary amides is 1. The van der Waals surface area contributed by atoms with Crippen molar-refractivity contribution in [3.63, 3.8) is 0 Å². The van der Waals surface area contributed by atoms with Crippen molar-refractivity contribution in [2.45, 2.75) is 4.90 Å². The number of ether oxygens (including phenoxy) is 1. The molecule has 3 aromatic carbocycles. The van der Waals surface area contributed by atoms with Crippen LogP contribution in [0.2, 0.25) is 0 Å². The molecule has 0 fully saturated rings. The number of rotatable bonds is 6. The summed E-state index contributed by atoms with van der Waals surface area (Å²) in [6.07, 6.45) is 0. The van der Waals surface area contributed by atoms with Crippen LogP contribution in [0.15, 0.2) is 64.0 Å². The first-order valence-corrected chi connectivity index (χ1v) is 12.3. The molecule has 0 unspecified atom stereocenters. The molecule has 1 amide bonds. The van der Waals surface area contributed by atoms with E-state index in [-0.39, 0.29) is 16.4 Å². The van der Waals surface area contributed by atoms with Crippen LogP contribution >= 0.6 is 38.5 Å². The van der Waals surface area contributed by atoms with Gasteiger partial charge in [0.25, 0.3) is 5.91 Å². The molecule has 4 aromatic rings. The van der Waals surface area contributed by atoms with Gasteiger partial charge in [0.2, 0.25) is 0 Å². The second kappa shape index (κ2) is 8.71. The Kier molecular flexibility index (Phi) is 6.14. The fourth-order valence-electron chi connectivity index (χ4n) is 3.06. The smallest absolute Gasteiger partial charge is 0.339 e. The number of hydrogen-bond donors (Lipinski definition) is 2. The third-order valence-electron chi connectivity index (χ3n) is 4.58. The summed E-state index contributed by atoms with van der Waals surface area (Å²) < 4.78 is 37.5.